The molecule has 1 fully saturated rings. The molecule has 1 aromatic rings. The van der Waals surface area contributed by atoms with Crippen molar-refractivity contribution in [2.24, 2.45) is 0 Å². The monoisotopic (exact) mass is 362 g/mol. The summed E-state index contributed by atoms with van der Waals surface area (Å²) in [6.45, 7) is 2.11. The fraction of sp³-hybridized carbons (Fsp3) is 0.526. The third kappa shape index (κ3) is 4.82. The molecule has 1 N–H and O–H groups in total. The summed E-state index contributed by atoms with van der Waals surface area (Å²) in [4.78, 5) is 37.8. The van der Waals surface area contributed by atoms with Crippen molar-refractivity contribution in [3.05, 3.63) is 35.9 Å². The molecule has 2 atom stereocenters. The first kappa shape index (κ1) is 19.9. The minimum atomic E-state index is -0.913. The molecule has 0 radical (unpaired) electrons. The van der Waals surface area contributed by atoms with Gasteiger partial charge in [0.1, 0.15) is 12.6 Å². The van der Waals surface area contributed by atoms with E-state index in [0.717, 1.165) is 5.56 Å². The number of esters is 2. The number of nitrogens with zero attached hydrogens (tertiary/aromatic N) is 1. The van der Waals surface area contributed by atoms with E-state index in [1.165, 1.54) is 19.1 Å². The average molecular weight is 362 g/mol. The van der Waals surface area contributed by atoms with Crippen LogP contribution in [0.1, 0.15) is 25.3 Å². The van der Waals surface area contributed by atoms with Gasteiger partial charge in [0.2, 0.25) is 5.91 Å². The number of carbonyl (C=O) groups excluding carboxylic acids is 3. The number of hydrogen-bond donors (Lipinski definition) is 1. The minimum absolute atomic E-state index is 0.0838. The van der Waals surface area contributed by atoms with Crippen molar-refractivity contribution in [2.75, 3.05) is 27.3 Å². The topological polar surface area (TPSA) is 84.9 Å². The van der Waals surface area contributed by atoms with Gasteiger partial charge in [-0.15, -0.1) is 0 Å². The number of carbonyl (C=O) groups is 3. The van der Waals surface area contributed by atoms with Crippen LogP contribution in [0.2, 0.25) is 0 Å². The molecule has 7 heteroatoms. The zero-order chi connectivity index (χ0) is 19.2. The van der Waals surface area contributed by atoms with Gasteiger partial charge in [-0.25, -0.2) is 0 Å². The summed E-state index contributed by atoms with van der Waals surface area (Å²) < 4.78 is 9.53. The summed E-state index contributed by atoms with van der Waals surface area (Å²) in [5.74, 6) is -1.07. The molecule has 142 valence electrons. The molecular formula is C19H26N2O5. The molecule has 1 aliphatic rings. The number of likely N-dealkylation sites (tertiary alicyclic amines) is 1. The van der Waals surface area contributed by atoms with Gasteiger partial charge in [0, 0.05) is 6.54 Å². The molecule has 1 aliphatic heterocycles. The van der Waals surface area contributed by atoms with Gasteiger partial charge in [0.05, 0.1) is 19.8 Å². The molecule has 7 nitrogen and oxygen atoms in total. The number of ether oxygens (including phenoxy) is 2. The molecule has 2 rings (SSSR count). The molecule has 0 saturated carbocycles. The summed E-state index contributed by atoms with van der Waals surface area (Å²) in [6.07, 6.45) is 1.70. The van der Waals surface area contributed by atoms with Crippen LogP contribution in [-0.2, 0) is 30.3 Å². The number of methoxy groups -OCH3 is 2. The molecule has 26 heavy (non-hydrogen) atoms. The normalized spacial score (nSPS) is 20.7. The lowest BCUT2D eigenvalue weighted by Gasteiger charge is -2.29. The lowest BCUT2D eigenvalue weighted by Crippen LogP contribution is -2.56. The zero-order valence-corrected chi connectivity index (χ0v) is 15.5. The van der Waals surface area contributed by atoms with Crippen LogP contribution in [0.5, 0.6) is 0 Å². The van der Waals surface area contributed by atoms with E-state index < -0.39 is 23.5 Å². The van der Waals surface area contributed by atoms with Crippen molar-refractivity contribution >= 4 is 17.8 Å². The molecule has 0 aliphatic carbocycles. The standard InChI is InChI=1S/C19H26N2O5/c1-19(11-12-21(18(19)24)13-16(22)25-2)20-15(17(23)26-3)10-9-14-7-5-4-6-8-14/h4-8,15,20H,9-13H2,1-3H3. The second-order valence-electron chi connectivity index (χ2n) is 6.63. The van der Waals surface area contributed by atoms with Crippen LogP contribution in [0, 0.1) is 0 Å². The van der Waals surface area contributed by atoms with Crippen LogP contribution in [0.25, 0.3) is 0 Å². The fourth-order valence-corrected chi connectivity index (χ4v) is 3.15. The number of nitrogens with one attached hydrogen (secondary N) is 1. The Morgan fingerprint density at radius 1 is 1.23 bits per heavy atom. The molecule has 2 unspecified atom stereocenters. The number of amides is 1. The minimum Gasteiger partial charge on any atom is -0.468 e. The Hall–Kier alpha value is -2.41. The highest BCUT2D eigenvalue weighted by atomic mass is 16.5. The van der Waals surface area contributed by atoms with Crippen LogP contribution in [0.4, 0.5) is 0 Å². The number of rotatable bonds is 8. The molecular weight excluding hydrogens is 336 g/mol. The Morgan fingerprint density at radius 3 is 2.54 bits per heavy atom. The molecule has 1 saturated heterocycles. The van der Waals surface area contributed by atoms with E-state index in [1.807, 2.05) is 30.3 Å². The summed E-state index contributed by atoms with van der Waals surface area (Å²) in [7, 11) is 2.62. The Bertz CT molecular complexity index is 649. The summed E-state index contributed by atoms with van der Waals surface area (Å²) in [5, 5.41) is 3.17. The van der Waals surface area contributed by atoms with Crippen LogP contribution in [0.3, 0.4) is 0 Å². The first-order chi connectivity index (χ1) is 12.4. The Morgan fingerprint density at radius 2 is 1.92 bits per heavy atom. The first-order valence-electron chi connectivity index (χ1n) is 8.65. The number of hydrogen-bond acceptors (Lipinski definition) is 6. The third-order valence-electron chi connectivity index (χ3n) is 4.73. The summed E-state index contributed by atoms with van der Waals surface area (Å²) >= 11 is 0. The smallest absolute Gasteiger partial charge is 0.325 e. The van der Waals surface area contributed by atoms with Crippen molar-refractivity contribution in [2.45, 2.75) is 37.8 Å². The maximum absolute atomic E-state index is 12.7. The summed E-state index contributed by atoms with van der Waals surface area (Å²) in [6, 6.07) is 9.22. The second-order valence-corrected chi connectivity index (χ2v) is 6.63. The van der Waals surface area contributed by atoms with Crippen molar-refractivity contribution in [1.29, 1.82) is 0 Å². The van der Waals surface area contributed by atoms with Crippen LogP contribution < -0.4 is 5.32 Å². The second kappa shape index (κ2) is 8.80. The van der Waals surface area contributed by atoms with E-state index in [0.29, 0.717) is 25.8 Å². The maximum Gasteiger partial charge on any atom is 0.325 e. The SMILES string of the molecule is COC(=O)CN1CCC(C)(NC(CCc2ccccc2)C(=O)OC)C1=O. The highest BCUT2D eigenvalue weighted by Crippen LogP contribution is 2.24. The van der Waals surface area contributed by atoms with Crippen molar-refractivity contribution < 1.29 is 23.9 Å². The van der Waals surface area contributed by atoms with E-state index in [9.17, 15) is 14.4 Å². The lowest BCUT2D eigenvalue weighted by atomic mass is 9.96. The van der Waals surface area contributed by atoms with E-state index >= 15 is 0 Å². The van der Waals surface area contributed by atoms with Gasteiger partial charge in [0.25, 0.3) is 0 Å². The van der Waals surface area contributed by atoms with Gasteiger partial charge >= 0.3 is 11.9 Å². The van der Waals surface area contributed by atoms with Gasteiger partial charge < -0.3 is 14.4 Å². The van der Waals surface area contributed by atoms with E-state index in [1.54, 1.807) is 6.92 Å². The van der Waals surface area contributed by atoms with Crippen molar-refractivity contribution in [3.8, 4) is 0 Å². The molecule has 0 bridgehead atoms. The molecule has 0 spiro atoms. The molecule has 1 amide bonds. The van der Waals surface area contributed by atoms with Crippen LogP contribution in [-0.4, -0.2) is 61.6 Å². The van der Waals surface area contributed by atoms with Gasteiger partial charge in [-0.3, -0.25) is 19.7 Å². The largest absolute Gasteiger partial charge is 0.468 e. The van der Waals surface area contributed by atoms with E-state index in [-0.39, 0.29) is 12.5 Å². The third-order valence-corrected chi connectivity index (χ3v) is 4.73. The lowest BCUT2D eigenvalue weighted by molar-refractivity contribution is -0.148. The van der Waals surface area contributed by atoms with Crippen LogP contribution >= 0.6 is 0 Å². The van der Waals surface area contributed by atoms with E-state index in [2.05, 4.69) is 10.1 Å². The summed E-state index contributed by atoms with van der Waals surface area (Å²) in [5.41, 5.74) is 0.197. The predicted molar refractivity (Wildman–Crippen MR) is 95.3 cm³/mol. The first-order valence-corrected chi connectivity index (χ1v) is 8.65. The van der Waals surface area contributed by atoms with Crippen molar-refractivity contribution in [3.63, 3.8) is 0 Å². The Balaban J connectivity index is 2.03. The zero-order valence-electron chi connectivity index (χ0n) is 15.5. The average Bonchev–Trinajstić information content (AvgIpc) is 2.93. The Labute approximate surface area is 153 Å². The van der Waals surface area contributed by atoms with Gasteiger partial charge in [0.15, 0.2) is 0 Å². The fourth-order valence-electron chi connectivity index (χ4n) is 3.15. The molecule has 0 aromatic heterocycles. The number of aryl methyl sites for hydroxylation is 1. The molecule has 1 heterocycles. The highest BCUT2D eigenvalue weighted by molar-refractivity contribution is 5.91. The number of benzene rings is 1. The predicted octanol–water partition coefficient (Wildman–Crippen LogP) is 0.914. The van der Waals surface area contributed by atoms with Crippen molar-refractivity contribution in [1.82, 2.24) is 10.2 Å². The van der Waals surface area contributed by atoms with E-state index in [4.69, 9.17) is 4.74 Å². The van der Waals surface area contributed by atoms with Crippen LogP contribution in [0.15, 0.2) is 30.3 Å². The Kier molecular flexibility index (Phi) is 6.74. The van der Waals surface area contributed by atoms with Gasteiger partial charge in [-0.1, -0.05) is 30.3 Å². The maximum atomic E-state index is 12.7. The quantitative estimate of drug-likeness (QED) is 0.692. The highest BCUT2D eigenvalue weighted by Gasteiger charge is 2.45. The van der Waals surface area contributed by atoms with Gasteiger partial charge in [-0.05, 0) is 31.7 Å². The molecule has 1 aromatic carbocycles. The van der Waals surface area contributed by atoms with Gasteiger partial charge in [-0.2, -0.15) is 0 Å².